The van der Waals surface area contributed by atoms with E-state index in [1.54, 1.807) is 0 Å². The third-order valence-electron chi connectivity index (χ3n) is 3.53. The fourth-order valence-corrected chi connectivity index (χ4v) is 4.59. The third kappa shape index (κ3) is 4.48. The minimum Gasteiger partial charge on any atom is -0.413 e. The summed E-state index contributed by atoms with van der Waals surface area (Å²) in [6, 6.07) is 14.0. The molecule has 0 radical (unpaired) electrons. The SMILES string of the molecule is CC[Si](CC)(CC)OC/C=C/c1ccccc1. The summed E-state index contributed by atoms with van der Waals surface area (Å²) in [7, 11) is -1.41. The molecule has 0 saturated heterocycles. The quantitative estimate of drug-likeness (QED) is 0.634. The number of benzene rings is 1. The molecule has 0 unspecified atom stereocenters. The molecular weight excluding hydrogens is 224 g/mol. The highest BCUT2D eigenvalue weighted by molar-refractivity contribution is 6.73. The Bertz CT molecular complexity index is 320. The first-order chi connectivity index (χ1) is 8.26. The molecule has 1 nitrogen and oxygen atoms in total. The lowest BCUT2D eigenvalue weighted by atomic mass is 10.2. The summed E-state index contributed by atoms with van der Waals surface area (Å²) < 4.78 is 6.15. The third-order valence-corrected chi connectivity index (χ3v) is 8.17. The molecule has 1 aromatic rings. The molecule has 0 atom stereocenters. The Morgan fingerprint density at radius 3 is 2.12 bits per heavy atom. The van der Waals surface area contributed by atoms with E-state index in [0.717, 1.165) is 6.61 Å². The summed E-state index contributed by atoms with van der Waals surface area (Å²) in [4.78, 5) is 0. The standard InChI is InChI=1S/C15H24OSi/c1-4-17(5-2,6-3)16-14-10-13-15-11-8-7-9-12-15/h7-13H,4-6,14H2,1-3H3/b13-10+. The number of hydrogen-bond acceptors (Lipinski definition) is 1. The minimum absolute atomic E-state index is 0.761. The summed E-state index contributed by atoms with van der Waals surface area (Å²) in [6.07, 6.45) is 4.28. The predicted molar refractivity (Wildman–Crippen MR) is 78.6 cm³/mol. The van der Waals surface area contributed by atoms with Crippen molar-refractivity contribution in [3.05, 3.63) is 42.0 Å². The van der Waals surface area contributed by atoms with Gasteiger partial charge in [-0.25, -0.2) is 0 Å². The molecule has 2 heteroatoms. The van der Waals surface area contributed by atoms with Crippen molar-refractivity contribution in [3.63, 3.8) is 0 Å². The van der Waals surface area contributed by atoms with Crippen molar-refractivity contribution >= 4 is 14.4 Å². The van der Waals surface area contributed by atoms with Crippen LogP contribution in [0.4, 0.5) is 0 Å². The molecule has 94 valence electrons. The summed E-state index contributed by atoms with van der Waals surface area (Å²) in [5.41, 5.74) is 1.24. The van der Waals surface area contributed by atoms with E-state index >= 15 is 0 Å². The Labute approximate surface area is 107 Å². The maximum absolute atomic E-state index is 6.15. The van der Waals surface area contributed by atoms with Gasteiger partial charge >= 0.3 is 0 Å². The first-order valence-electron chi connectivity index (χ1n) is 6.62. The Kier molecular flexibility index (Phi) is 6.23. The molecule has 1 rings (SSSR count). The molecule has 0 amide bonds. The molecule has 0 N–H and O–H groups in total. The topological polar surface area (TPSA) is 9.23 Å². The Morgan fingerprint density at radius 2 is 1.59 bits per heavy atom. The second-order valence-electron chi connectivity index (χ2n) is 4.37. The summed E-state index contributed by atoms with van der Waals surface area (Å²) in [6.45, 7) is 7.55. The van der Waals surface area contributed by atoms with E-state index in [1.807, 2.05) is 6.07 Å². The van der Waals surface area contributed by atoms with Gasteiger partial charge in [0.1, 0.15) is 0 Å². The number of rotatable bonds is 7. The van der Waals surface area contributed by atoms with Gasteiger partial charge in [0.05, 0.1) is 6.61 Å². The van der Waals surface area contributed by atoms with Crippen molar-refractivity contribution in [2.45, 2.75) is 38.9 Å². The van der Waals surface area contributed by atoms with E-state index in [0.29, 0.717) is 0 Å². The van der Waals surface area contributed by atoms with Crippen LogP contribution in [0.1, 0.15) is 26.3 Å². The molecule has 0 spiro atoms. The molecule has 17 heavy (non-hydrogen) atoms. The van der Waals surface area contributed by atoms with Gasteiger partial charge in [-0.15, -0.1) is 0 Å². The second kappa shape index (κ2) is 7.46. The Morgan fingerprint density at radius 1 is 1.00 bits per heavy atom. The van der Waals surface area contributed by atoms with Crippen LogP contribution in [-0.4, -0.2) is 14.9 Å². The maximum atomic E-state index is 6.15. The minimum atomic E-state index is -1.41. The fourth-order valence-electron chi connectivity index (χ4n) is 2.03. The van der Waals surface area contributed by atoms with Gasteiger partial charge in [0, 0.05) is 0 Å². The van der Waals surface area contributed by atoms with E-state index in [1.165, 1.54) is 23.7 Å². The fraction of sp³-hybridized carbons (Fsp3) is 0.467. The molecule has 1 aromatic carbocycles. The largest absolute Gasteiger partial charge is 0.413 e. The summed E-state index contributed by atoms with van der Waals surface area (Å²) in [5.74, 6) is 0. The molecular formula is C15H24OSi. The van der Waals surface area contributed by atoms with Crippen molar-refractivity contribution in [2.24, 2.45) is 0 Å². The molecule has 0 heterocycles. The molecule has 0 aromatic heterocycles. The monoisotopic (exact) mass is 248 g/mol. The first kappa shape index (κ1) is 14.2. The van der Waals surface area contributed by atoms with Gasteiger partial charge < -0.3 is 4.43 Å². The maximum Gasteiger partial charge on any atom is 0.192 e. The van der Waals surface area contributed by atoms with E-state index in [4.69, 9.17) is 4.43 Å². The average Bonchev–Trinajstić information content (AvgIpc) is 2.41. The normalized spacial score (nSPS) is 12.2. The van der Waals surface area contributed by atoms with E-state index in [9.17, 15) is 0 Å². The van der Waals surface area contributed by atoms with Gasteiger partial charge in [0.2, 0.25) is 0 Å². The highest BCUT2D eigenvalue weighted by Gasteiger charge is 2.27. The van der Waals surface area contributed by atoms with Gasteiger partial charge in [-0.3, -0.25) is 0 Å². The Balaban J connectivity index is 2.44. The van der Waals surface area contributed by atoms with Crippen LogP contribution in [0.25, 0.3) is 6.08 Å². The first-order valence-corrected chi connectivity index (χ1v) is 9.15. The van der Waals surface area contributed by atoms with Crippen LogP contribution < -0.4 is 0 Å². The average molecular weight is 248 g/mol. The van der Waals surface area contributed by atoms with Crippen molar-refractivity contribution in [1.29, 1.82) is 0 Å². The van der Waals surface area contributed by atoms with Crippen LogP contribution in [0.5, 0.6) is 0 Å². The van der Waals surface area contributed by atoms with Gasteiger partial charge in [-0.2, -0.15) is 0 Å². The van der Waals surface area contributed by atoms with Gasteiger partial charge in [0.15, 0.2) is 8.32 Å². The zero-order valence-electron chi connectivity index (χ0n) is 11.3. The summed E-state index contributed by atoms with van der Waals surface area (Å²) >= 11 is 0. The van der Waals surface area contributed by atoms with Gasteiger partial charge in [-0.05, 0) is 23.7 Å². The highest BCUT2D eigenvalue weighted by Crippen LogP contribution is 2.21. The second-order valence-corrected chi connectivity index (χ2v) is 9.14. The molecule has 0 fully saturated rings. The van der Waals surface area contributed by atoms with Gasteiger partial charge in [0.25, 0.3) is 0 Å². The van der Waals surface area contributed by atoms with Crippen molar-refractivity contribution < 1.29 is 4.43 Å². The van der Waals surface area contributed by atoms with Crippen LogP contribution in [0.2, 0.25) is 18.1 Å². The molecule has 0 aliphatic rings. The van der Waals surface area contributed by atoms with E-state index in [-0.39, 0.29) is 0 Å². The van der Waals surface area contributed by atoms with Crippen LogP contribution in [0.15, 0.2) is 36.4 Å². The van der Waals surface area contributed by atoms with Crippen molar-refractivity contribution in [2.75, 3.05) is 6.61 Å². The zero-order valence-corrected chi connectivity index (χ0v) is 12.3. The Hall–Kier alpha value is -0.863. The van der Waals surface area contributed by atoms with Crippen LogP contribution in [0, 0.1) is 0 Å². The predicted octanol–water partition coefficient (Wildman–Crippen LogP) is 4.72. The van der Waals surface area contributed by atoms with E-state index in [2.05, 4.69) is 57.2 Å². The van der Waals surface area contributed by atoms with Gasteiger partial charge in [-0.1, -0.05) is 63.3 Å². The lowest BCUT2D eigenvalue weighted by Crippen LogP contribution is -2.35. The lowest BCUT2D eigenvalue weighted by molar-refractivity contribution is 0.343. The van der Waals surface area contributed by atoms with Crippen LogP contribution in [-0.2, 0) is 4.43 Å². The zero-order chi connectivity index (χ0) is 12.6. The molecule has 0 bridgehead atoms. The van der Waals surface area contributed by atoms with Crippen molar-refractivity contribution in [1.82, 2.24) is 0 Å². The molecule has 0 saturated carbocycles. The van der Waals surface area contributed by atoms with E-state index < -0.39 is 8.32 Å². The lowest BCUT2D eigenvalue weighted by Gasteiger charge is -2.27. The van der Waals surface area contributed by atoms with Crippen LogP contribution >= 0.6 is 0 Å². The summed E-state index contributed by atoms with van der Waals surface area (Å²) in [5, 5.41) is 0. The van der Waals surface area contributed by atoms with Crippen molar-refractivity contribution in [3.8, 4) is 0 Å². The smallest absolute Gasteiger partial charge is 0.192 e. The number of hydrogen-bond donors (Lipinski definition) is 0. The molecule has 0 aliphatic carbocycles. The van der Waals surface area contributed by atoms with Crippen LogP contribution in [0.3, 0.4) is 0 Å². The molecule has 0 aliphatic heterocycles. The highest BCUT2D eigenvalue weighted by atomic mass is 28.4.